The summed E-state index contributed by atoms with van der Waals surface area (Å²) in [5, 5.41) is 13.8. The van der Waals surface area contributed by atoms with Crippen LogP contribution in [-0.2, 0) is 0 Å². The minimum Gasteiger partial charge on any atom is -0.481 e. The predicted octanol–water partition coefficient (Wildman–Crippen LogP) is 2.74. The Kier molecular flexibility index (Phi) is 3.38. The molecule has 2 aromatic rings. The van der Waals surface area contributed by atoms with Gasteiger partial charge in [-0.1, -0.05) is 12.1 Å². The molecule has 6 heteroatoms. The lowest BCUT2D eigenvalue weighted by Crippen LogP contribution is -1.97. The fourth-order valence-electron chi connectivity index (χ4n) is 1.47. The van der Waals surface area contributed by atoms with Gasteiger partial charge in [0.15, 0.2) is 0 Å². The molecule has 0 amide bonds. The Balaban J connectivity index is 2.25. The minimum absolute atomic E-state index is 0.0216. The van der Waals surface area contributed by atoms with E-state index in [4.69, 9.17) is 4.74 Å². The van der Waals surface area contributed by atoms with Crippen molar-refractivity contribution in [2.75, 3.05) is 12.4 Å². The van der Waals surface area contributed by atoms with Gasteiger partial charge in [-0.15, -0.1) is 0 Å². The summed E-state index contributed by atoms with van der Waals surface area (Å²) in [5.41, 5.74) is 1.10. The minimum atomic E-state index is -0.431. The van der Waals surface area contributed by atoms with E-state index in [0.29, 0.717) is 17.3 Å². The first-order valence-electron chi connectivity index (χ1n) is 5.21. The summed E-state index contributed by atoms with van der Waals surface area (Å²) in [6, 6.07) is 9.85. The molecule has 0 atom stereocenters. The molecule has 0 radical (unpaired) electrons. The molecular weight excluding hydrogens is 234 g/mol. The zero-order chi connectivity index (χ0) is 13.0. The van der Waals surface area contributed by atoms with Crippen LogP contribution in [0.2, 0.25) is 0 Å². The van der Waals surface area contributed by atoms with Crippen molar-refractivity contribution >= 4 is 17.1 Å². The number of nitro groups is 1. The topological polar surface area (TPSA) is 77.3 Å². The summed E-state index contributed by atoms with van der Waals surface area (Å²) in [5.74, 6) is 0.489. The Morgan fingerprint density at radius 3 is 2.67 bits per heavy atom. The van der Waals surface area contributed by atoms with Crippen molar-refractivity contribution < 1.29 is 9.66 Å². The molecule has 6 nitrogen and oxygen atoms in total. The molecule has 0 aliphatic rings. The van der Waals surface area contributed by atoms with Gasteiger partial charge >= 0.3 is 0 Å². The second-order valence-corrected chi connectivity index (χ2v) is 3.49. The highest BCUT2D eigenvalue weighted by atomic mass is 16.6. The first kappa shape index (κ1) is 11.8. The van der Waals surface area contributed by atoms with Crippen molar-refractivity contribution in [2.45, 2.75) is 0 Å². The van der Waals surface area contributed by atoms with Gasteiger partial charge in [-0.2, -0.15) is 0 Å². The molecule has 0 spiro atoms. The van der Waals surface area contributed by atoms with Crippen molar-refractivity contribution in [1.29, 1.82) is 0 Å². The van der Waals surface area contributed by atoms with Crippen molar-refractivity contribution in [3.63, 3.8) is 0 Å². The van der Waals surface area contributed by atoms with E-state index in [2.05, 4.69) is 10.3 Å². The smallest absolute Gasteiger partial charge is 0.292 e. The lowest BCUT2D eigenvalue weighted by Gasteiger charge is -2.06. The highest BCUT2D eigenvalue weighted by Crippen LogP contribution is 2.26. The third kappa shape index (κ3) is 2.54. The second kappa shape index (κ2) is 5.13. The van der Waals surface area contributed by atoms with Crippen LogP contribution in [-0.4, -0.2) is 17.0 Å². The van der Waals surface area contributed by atoms with Crippen molar-refractivity contribution in [1.82, 2.24) is 4.98 Å². The first-order valence-corrected chi connectivity index (χ1v) is 5.21. The zero-order valence-corrected chi connectivity index (χ0v) is 9.66. The number of hydrogen-bond acceptors (Lipinski definition) is 5. The van der Waals surface area contributed by atoms with Crippen LogP contribution < -0.4 is 10.1 Å². The SMILES string of the molecule is COc1ccc(Nc2ccccc2[N+](=O)[O-])cn1. The van der Waals surface area contributed by atoms with Gasteiger partial charge in [0.1, 0.15) is 5.69 Å². The van der Waals surface area contributed by atoms with Gasteiger partial charge in [0.25, 0.3) is 5.69 Å². The fraction of sp³-hybridized carbons (Fsp3) is 0.0833. The van der Waals surface area contributed by atoms with E-state index >= 15 is 0 Å². The molecule has 1 aromatic carbocycles. The molecule has 0 fully saturated rings. The molecule has 1 aromatic heterocycles. The van der Waals surface area contributed by atoms with Crippen LogP contribution in [0.5, 0.6) is 5.88 Å². The van der Waals surface area contributed by atoms with Gasteiger partial charge < -0.3 is 10.1 Å². The predicted molar refractivity (Wildman–Crippen MR) is 67.2 cm³/mol. The van der Waals surface area contributed by atoms with Crippen LogP contribution in [0.4, 0.5) is 17.1 Å². The second-order valence-electron chi connectivity index (χ2n) is 3.49. The third-order valence-electron chi connectivity index (χ3n) is 2.33. The van der Waals surface area contributed by atoms with Gasteiger partial charge in [-0.05, 0) is 12.1 Å². The number of pyridine rings is 1. The Morgan fingerprint density at radius 2 is 2.06 bits per heavy atom. The molecule has 2 rings (SSSR count). The number of aromatic nitrogens is 1. The van der Waals surface area contributed by atoms with Gasteiger partial charge in [-0.25, -0.2) is 4.98 Å². The molecule has 0 unspecified atom stereocenters. The summed E-state index contributed by atoms with van der Waals surface area (Å²) >= 11 is 0. The van der Waals surface area contributed by atoms with Crippen molar-refractivity contribution in [3.05, 3.63) is 52.7 Å². The number of methoxy groups -OCH3 is 1. The quantitative estimate of drug-likeness (QED) is 0.662. The summed E-state index contributed by atoms with van der Waals surface area (Å²) in [6.07, 6.45) is 1.55. The number of benzene rings is 1. The normalized spacial score (nSPS) is 9.83. The number of para-hydroxylation sites is 2. The Hall–Kier alpha value is -2.63. The number of ether oxygens (including phenoxy) is 1. The van der Waals surface area contributed by atoms with Gasteiger partial charge in [0.05, 0.1) is 23.9 Å². The molecular formula is C12H11N3O3. The van der Waals surface area contributed by atoms with Crippen LogP contribution in [0.1, 0.15) is 0 Å². The summed E-state index contributed by atoms with van der Waals surface area (Å²) in [7, 11) is 1.53. The van der Waals surface area contributed by atoms with Crippen LogP contribution in [0.15, 0.2) is 42.6 Å². The average molecular weight is 245 g/mol. The number of hydrogen-bond donors (Lipinski definition) is 1. The third-order valence-corrected chi connectivity index (χ3v) is 2.33. The highest BCUT2D eigenvalue weighted by Gasteiger charge is 2.12. The molecule has 92 valence electrons. The van der Waals surface area contributed by atoms with Crippen LogP contribution in [0, 0.1) is 10.1 Å². The summed E-state index contributed by atoms with van der Waals surface area (Å²) in [4.78, 5) is 14.4. The van der Waals surface area contributed by atoms with Gasteiger partial charge in [0, 0.05) is 12.1 Å². The lowest BCUT2D eigenvalue weighted by molar-refractivity contribution is -0.383. The highest BCUT2D eigenvalue weighted by molar-refractivity contribution is 5.68. The molecule has 0 saturated heterocycles. The summed E-state index contributed by atoms with van der Waals surface area (Å²) in [6.45, 7) is 0. The van der Waals surface area contributed by atoms with E-state index in [9.17, 15) is 10.1 Å². The molecule has 0 bridgehead atoms. The van der Waals surface area contributed by atoms with E-state index < -0.39 is 4.92 Å². The molecule has 0 aliphatic carbocycles. The zero-order valence-electron chi connectivity index (χ0n) is 9.66. The van der Waals surface area contributed by atoms with E-state index in [0.717, 1.165) is 0 Å². The van der Waals surface area contributed by atoms with E-state index in [1.165, 1.54) is 13.2 Å². The molecule has 18 heavy (non-hydrogen) atoms. The fourth-order valence-corrected chi connectivity index (χ4v) is 1.47. The lowest BCUT2D eigenvalue weighted by atomic mass is 10.2. The van der Waals surface area contributed by atoms with Crippen molar-refractivity contribution in [3.8, 4) is 5.88 Å². The summed E-state index contributed by atoms with van der Waals surface area (Å²) < 4.78 is 4.93. The number of nitrogens with zero attached hydrogens (tertiary/aromatic N) is 2. The van der Waals surface area contributed by atoms with Crippen LogP contribution in [0.3, 0.4) is 0 Å². The molecule has 0 aliphatic heterocycles. The van der Waals surface area contributed by atoms with E-state index in [1.54, 1.807) is 36.5 Å². The van der Waals surface area contributed by atoms with E-state index in [-0.39, 0.29) is 5.69 Å². The van der Waals surface area contributed by atoms with Crippen LogP contribution >= 0.6 is 0 Å². The number of rotatable bonds is 4. The maximum atomic E-state index is 10.8. The number of nitro benzene ring substituents is 1. The Labute approximate surface area is 103 Å². The standard InChI is InChI=1S/C12H11N3O3/c1-18-12-7-6-9(8-13-12)14-10-4-2-3-5-11(10)15(16)17/h2-8,14H,1H3. The number of nitrogens with one attached hydrogen (secondary N) is 1. The molecule has 1 N–H and O–H groups in total. The van der Waals surface area contributed by atoms with Crippen molar-refractivity contribution in [2.24, 2.45) is 0 Å². The first-order chi connectivity index (χ1) is 8.70. The molecule has 1 heterocycles. The maximum Gasteiger partial charge on any atom is 0.292 e. The monoisotopic (exact) mass is 245 g/mol. The number of anilines is 2. The Bertz CT molecular complexity index is 555. The average Bonchev–Trinajstić information content (AvgIpc) is 2.40. The van der Waals surface area contributed by atoms with Crippen LogP contribution in [0.25, 0.3) is 0 Å². The molecule has 0 saturated carbocycles. The maximum absolute atomic E-state index is 10.8. The Morgan fingerprint density at radius 1 is 1.28 bits per heavy atom. The van der Waals surface area contributed by atoms with Gasteiger partial charge in [-0.3, -0.25) is 10.1 Å². The largest absolute Gasteiger partial charge is 0.481 e. The van der Waals surface area contributed by atoms with Gasteiger partial charge in [0.2, 0.25) is 5.88 Å². The van der Waals surface area contributed by atoms with E-state index in [1.807, 2.05) is 0 Å².